The van der Waals surface area contributed by atoms with Gasteiger partial charge in [0.25, 0.3) is 0 Å². The summed E-state index contributed by atoms with van der Waals surface area (Å²) in [5.74, 6) is -1.62. The van der Waals surface area contributed by atoms with E-state index in [1.165, 1.54) is 6.92 Å². The van der Waals surface area contributed by atoms with Crippen LogP contribution in [0.3, 0.4) is 0 Å². The molecule has 57 heteroatoms. The number of carbonyl (C=O) groups is 2. The SMILES string of the molecule is C.C.CC(=O)NC1[C@H](O[C@@H]2C(CO)O[C@@H](C)C(NC(C)=O)[C@H]2O)OC(CO)[C@@H](O[C@@H]2OC(CO[C@H]3OC(CO[C@H]4OC(CO)[C@@H](O)[C@H](O)C4O[C@H]4OC(CO)[C@@H](O)[C@H](O)C4O)[C@@H](O)[C@H](O[C@H]4O[C@@H](CO)[C@@H](O)C(O)C4O[C@H]4O[C@@H](CO)[C@@H](O)C(O)C4O)C3O)[C@@H](O)[C@H](O[C@H]3O[C@@H](CO)[C@@H](O)C(O)C3O[C@H]3O[C@@H](CO)[C@@H](O)C(O)C3O[C@H]3O[C@@H](CO)[C@@H](O)C(O)C3O)C2O)[C@@H]1O. The van der Waals surface area contributed by atoms with Crippen molar-refractivity contribution in [1.29, 1.82) is 0 Å². The van der Waals surface area contributed by atoms with Gasteiger partial charge in [0.05, 0.1) is 84.8 Å². The third kappa shape index (κ3) is 23.6. The Bertz CT molecular complexity index is 3390. The molecule has 0 aliphatic carbocycles. The fraction of sp³-hybridized carbons (Fsp3) is 0.973. The van der Waals surface area contributed by atoms with E-state index in [2.05, 4.69) is 10.6 Å². The second-order valence-corrected chi connectivity index (χ2v) is 32.7. The minimum Gasteiger partial charge on any atom is -0.394 e. The third-order valence-corrected chi connectivity index (χ3v) is 24.0. The minimum absolute atomic E-state index is 0. The molecule has 11 fully saturated rings. The van der Waals surface area contributed by atoms with Gasteiger partial charge in [0.15, 0.2) is 62.9 Å². The van der Waals surface area contributed by atoms with E-state index in [9.17, 15) is 173 Å². The Labute approximate surface area is 738 Å². The van der Waals surface area contributed by atoms with E-state index >= 15 is 0 Å². The first kappa shape index (κ1) is 110. The number of rotatable bonds is 33. The van der Waals surface area contributed by atoms with Crippen LogP contribution in [0.5, 0.6) is 0 Å². The standard InChI is InChI=1S/C71H120N2O55.2CH4/c1-15-29(72-16(2)83)40(94)54(25(11-81)110-15)121-62-30(73-17(3)84)41(95)55(26(12-82)118-62)122-67-53(107)57(124-70-61(48(102)37(91)23(9-79)116-70)128-71-60(47(101)36(90)24(10-80)117-71)127-66-51(105)44(98)33(87)20(6-76)113-66)39(93)28(120-67)13-108-63-52(106)56(123-69-59(46(100)35(89)22(8-78)115-69)126-65-50(104)43(97)32(86)19(5-75)112-65)38(92)27(119-63)14-109-68-58(45(99)34(88)21(7-77)114-68)125-64-49(103)42(96)31(85)18(4-74)111-64;;/h15,18-71,74-82,85-107H,4-14H2,1-3H3,(H,72,83)(H,73,84);2*1H4/t15-,18?,19-,20-,21?,22-,23-,24-,25?,26?,27?,28?,29?,30?,31+,32+,33+,34+,35+,36+,37+,38+,39+,40+,41+,42-,43?,44?,45-,46?,47?,48?,49?,50?,51?,52?,53?,54+,55+,56-,57-,58?,59?,60?,61?,62-,63-,64+,65+,66+,67-,68-,69+,70+,71+;;/m0../s1. The zero-order chi connectivity index (χ0) is 94.0. The van der Waals surface area contributed by atoms with E-state index in [1.54, 1.807) is 0 Å². The van der Waals surface area contributed by atoms with Crippen LogP contribution in [0, 0.1) is 0 Å². The van der Waals surface area contributed by atoms with Crippen LogP contribution in [-0.2, 0) is 109 Å². The lowest BCUT2D eigenvalue weighted by molar-refractivity contribution is -0.408. The van der Waals surface area contributed by atoms with Crippen molar-refractivity contribution < 1.29 is 272 Å². The second kappa shape index (κ2) is 48.1. The highest BCUT2D eigenvalue weighted by atomic mass is 16.8. The highest BCUT2D eigenvalue weighted by Crippen LogP contribution is 2.42. The number of ether oxygens (including phenoxy) is 21. The first-order chi connectivity index (χ1) is 60.7. The molecule has 0 aromatic carbocycles. The maximum atomic E-state index is 13.2. The molecule has 11 saturated heterocycles. The summed E-state index contributed by atoms with van der Waals surface area (Å²) >= 11 is 0. The first-order valence-corrected chi connectivity index (χ1v) is 41.0. The number of nitrogens with one attached hydrogen (secondary N) is 2. The smallest absolute Gasteiger partial charge is 0.217 e. The summed E-state index contributed by atoms with van der Waals surface area (Å²) in [6, 6.07) is -3.20. The number of aliphatic hydroxyl groups is 32. The van der Waals surface area contributed by atoms with Gasteiger partial charge in [-0.2, -0.15) is 0 Å². The van der Waals surface area contributed by atoms with Crippen LogP contribution in [0.15, 0.2) is 0 Å². The van der Waals surface area contributed by atoms with Crippen molar-refractivity contribution in [2.24, 2.45) is 0 Å². The largest absolute Gasteiger partial charge is 0.394 e. The quantitative estimate of drug-likeness (QED) is 0.0290. The molecule has 0 aromatic rings. The predicted molar refractivity (Wildman–Crippen MR) is 402 cm³/mol. The van der Waals surface area contributed by atoms with Gasteiger partial charge in [-0.25, -0.2) is 0 Å². The summed E-state index contributed by atoms with van der Waals surface area (Å²) < 4.78 is 125. The lowest BCUT2D eigenvalue weighted by Crippen LogP contribution is -2.70. The van der Waals surface area contributed by atoms with Crippen LogP contribution < -0.4 is 10.6 Å². The van der Waals surface area contributed by atoms with Gasteiger partial charge in [0, 0.05) is 13.8 Å². The van der Waals surface area contributed by atoms with Crippen molar-refractivity contribution >= 4 is 11.8 Å². The van der Waals surface area contributed by atoms with Gasteiger partial charge in [-0.15, -0.1) is 0 Å². The van der Waals surface area contributed by atoms with E-state index in [0.717, 1.165) is 13.8 Å². The highest BCUT2D eigenvalue weighted by molar-refractivity contribution is 5.73. The van der Waals surface area contributed by atoms with Crippen LogP contribution in [0.25, 0.3) is 0 Å². The van der Waals surface area contributed by atoms with Crippen molar-refractivity contribution in [1.82, 2.24) is 10.6 Å². The Morgan fingerprint density at radius 2 is 0.438 bits per heavy atom. The molecule has 0 aromatic heterocycles. The third-order valence-electron chi connectivity index (χ3n) is 24.0. The molecule has 11 heterocycles. The molecule has 0 saturated carbocycles. The summed E-state index contributed by atoms with van der Waals surface area (Å²) in [7, 11) is 0. The first-order valence-electron chi connectivity index (χ1n) is 41.0. The van der Waals surface area contributed by atoms with E-state index in [-0.39, 0.29) is 14.9 Å². The zero-order valence-corrected chi connectivity index (χ0v) is 68.2. The van der Waals surface area contributed by atoms with E-state index < -0.39 is 422 Å². The molecule has 11 aliphatic rings. The number of aliphatic hydroxyl groups excluding tert-OH is 32. The fourth-order valence-electron chi connectivity index (χ4n) is 16.7. The van der Waals surface area contributed by atoms with Gasteiger partial charge in [-0.1, -0.05) is 14.9 Å². The van der Waals surface area contributed by atoms with Gasteiger partial charge >= 0.3 is 0 Å². The van der Waals surface area contributed by atoms with E-state index in [0.29, 0.717) is 0 Å². The highest BCUT2D eigenvalue weighted by Gasteiger charge is 2.62. The van der Waals surface area contributed by atoms with Crippen molar-refractivity contribution in [2.45, 2.75) is 373 Å². The van der Waals surface area contributed by atoms with E-state index in [1.807, 2.05) is 0 Å². The summed E-state index contributed by atoms with van der Waals surface area (Å²) in [6.07, 6.45) is -115. The molecule has 34 N–H and O–H groups in total. The van der Waals surface area contributed by atoms with Crippen LogP contribution in [0.2, 0.25) is 0 Å². The summed E-state index contributed by atoms with van der Waals surface area (Å²) in [4.78, 5) is 25.5. The maximum absolute atomic E-state index is 13.2. The van der Waals surface area contributed by atoms with Gasteiger partial charge in [-0.3, -0.25) is 9.59 Å². The fourth-order valence-corrected chi connectivity index (χ4v) is 16.7. The lowest BCUT2D eigenvalue weighted by atomic mass is 9.92. The Kier molecular flexibility index (Phi) is 40.9. The summed E-state index contributed by atoms with van der Waals surface area (Å²) in [5, 5.41) is 362. The molecule has 11 rings (SSSR count). The van der Waals surface area contributed by atoms with Crippen molar-refractivity contribution in [3.63, 3.8) is 0 Å². The monoisotopic (exact) mass is 1910 g/mol. The van der Waals surface area contributed by atoms with Gasteiger partial charge in [0.2, 0.25) is 11.8 Å². The van der Waals surface area contributed by atoms with Crippen molar-refractivity contribution in [2.75, 3.05) is 72.7 Å². The molecule has 22 unspecified atom stereocenters. The molecule has 130 heavy (non-hydrogen) atoms. The molecular weight excluding hydrogens is 1780 g/mol. The molecule has 2 amide bonds. The molecular formula is C73H128N2O55. The van der Waals surface area contributed by atoms with Crippen LogP contribution in [0.1, 0.15) is 35.6 Å². The van der Waals surface area contributed by atoms with Gasteiger partial charge in [0.1, 0.15) is 262 Å². The molecule has 0 bridgehead atoms. The minimum atomic E-state index is -2.67. The number of hydrogen-bond donors (Lipinski definition) is 34. The zero-order valence-electron chi connectivity index (χ0n) is 68.2. The van der Waals surface area contributed by atoms with Gasteiger partial charge < -0.3 is 274 Å². The number of amides is 2. The Morgan fingerprint density at radius 1 is 0.215 bits per heavy atom. The molecule has 0 radical (unpaired) electrons. The van der Waals surface area contributed by atoms with Gasteiger partial charge in [-0.05, 0) is 6.92 Å². The second-order valence-electron chi connectivity index (χ2n) is 32.7. The molecule has 0 spiro atoms. The Morgan fingerprint density at radius 3 is 0.777 bits per heavy atom. The predicted octanol–water partition coefficient (Wildman–Crippen LogP) is -22.3. The maximum Gasteiger partial charge on any atom is 0.217 e. The molecule has 57 nitrogen and oxygen atoms in total. The summed E-state index contributed by atoms with van der Waals surface area (Å²) in [6.45, 7) is -9.06. The van der Waals surface area contributed by atoms with E-state index in [4.69, 9.17) is 99.5 Å². The number of carbonyl (C=O) groups excluding carboxylic acids is 2. The summed E-state index contributed by atoms with van der Waals surface area (Å²) in [5.41, 5.74) is 0. The van der Waals surface area contributed by atoms with Crippen LogP contribution >= 0.6 is 0 Å². The molecule has 11 aliphatic heterocycles. The Balaban J connectivity index is 0.00000952. The molecule has 760 valence electrons. The average molecular weight is 1910 g/mol. The normalized spacial score (nSPS) is 50.9. The number of hydrogen-bond acceptors (Lipinski definition) is 55. The lowest BCUT2D eigenvalue weighted by Gasteiger charge is -2.51. The van der Waals surface area contributed by atoms with Crippen molar-refractivity contribution in [3.8, 4) is 0 Å². The van der Waals surface area contributed by atoms with Crippen LogP contribution in [0.4, 0.5) is 0 Å². The van der Waals surface area contributed by atoms with Crippen LogP contribution in [-0.4, -0.2) is 585 Å². The molecule has 55 atom stereocenters. The topological polar surface area (TPSA) is 899 Å². The van der Waals surface area contributed by atoms with Crippen molar-refractivity contribution in [3.05, 3.63) is 0 Å². The Hall–Kier alpha value is -3.18. The average Bonchev–Trinajstić information content (AvgIpc) is 0.765.